The van der Waals surface area contributed by atoms with Crippen LogP contribution in [0.15, 0.2) is 18.2 Å². The number of aromatic nitrogens is 1. The van der Waals surface area contributed by atoms with E-state index in [1.807, 2.05) is 6.92 Å². The number of carbonyl (C=O) groups is 1. The highest BCUT2D eigenvalue weighted by Crippen LogP contribution is 2.41. The number of carbonyl (C=O) groups excluding carboxylic acids is 1. The van der Waals surface area contributed by atoms with Crippen LogP contribution in [0.3, 0.4) is 0 Å². The first kappa shape index (κ1) is 17.2. The second-order valence-electron chi connectivity index (χ2n) is 6.52. The Balaban J connectivity index is 1.99. The summed E-state index contributed by atoms with van der Waals surface area (Å²) in [5.41, 5.74) is 3.80. The van der Waals surface area contributed by atoms with E-state index in [1.165, 1.54) is 16.7 Å². The molecule has 1 aliphatic heterocycles. The van der Waals surface area contributed by atoms with Gasteiger partial charge < -0.3 is 19.8 Å². The van der Waals surface area contributed by atoms with Crippen molar-refractivity contribution in [3.63, 3.8) is 0 Å². The summed E-state index contributed by atoms with van der Waals surface area (Å²) in [5, 5.41) is 19.7. The molecule has 0 saturated heterocycles. The smallest absolute Gasteiger partial charge is 0.193 e. The van der Waals surface area contributed by atoms with E-state index >= 15 is 0 Å². The predicted octanol–water partition coefficient (Wildman–Crippen LogP) is 2.87. The standard InChI is InChI=1S/C19H24N2O4/c1-12-4-5-15-13(2)14(11-22)10-16(25-3)19(15)20(12)8-9-21-17(23)6-7-18(21)24/h6-7,10-12,23-24H,4-5,8-9H2,1-3H3. The van der Waals surface area contributed by atoms with E-state index < -0.39 is 0 Å². The Hall–Kier alpha value is -2.63. The van der Waals surface area contributed by atoms with Crippen molar-refractivity contribution < 1.29 is 19.7 Å². The highest BCUT2D eigenvalue weighted by Gasteiger charge is 2.29. The lowest BCUT2D eigenvalue weighted by Crippen LogP contribution is -2.40. The summed E-state index contributed by atoms with van der Waals surface area (Å²) in [7, 11) is 1.61. The van der Waals surface area contributed by atoms with Gasteiger partial charge in [0.15, 0.2) is 11.8 Å². The van der Waals surface area contributed by atoms with Gasteiger partial charge in [-0.25, -0.2) is 0 Å². The number of hydrogen-bond acceptors (Lipinski definition) is 5. The van der Waals surface area contributed by atoms with Crippen LogP contribution in [0.2, 0.25) is 0 Å². The molecule has 6 nitrogen and oxygen atoms in total. The molecule has 134 valence electrons. The topological polar surface area (TPSA) is 74.9 Å². The van der Waals surface area contributed by atoms with Crippen molar-refractivity contribution in [2.24, 2.45) is 0 Å². The quantitative estimate of drug-likeness (QED) is 0.816. The minimum Gasteiger partial charge on any atom is -0.495 e. The Morgan fingerprint density at radius 1 is 1.28 bits per heavy atom. The number of rotatable bonds is 5. The van der Waals surface area contributed by atoms with Crippen LogP contribution in [0.25, 0.3) is 0 Å². The first-order chi connectivity index (χ1) is 12.0. The maximum absolute atomic E-state index is 11.4. The molecule has 25 heavy (non-hydrogen) atoms. The second kappa shape index (κ2) is 6.70. The molecule has 0 fully saturated rings. The molecule has 0 saturated carbocycles. The number of aromatic hydroxyl groups is 2. The summed E-state index contributed by atoms with van der Waals surface area (Å²) in [5.74, 6) is 0.777. The largest absolute Gasteiger partial charge is 0.495 e. The molecule has 1 aromatic heterocycles. The average Bonchev–Trinajstić information content (AvgIpc) is 2.92. The number of hydrogen-bond donors (Lipinski definition) is 2. The van der Waals surface area contributed by atoms with Gasteiger partial charge in [0.25, 0.3) is 0 Å². The van der Waals surface area contributed by atoms with Gasteiger partial charge >= 0.3 is 0 Å². The molecule has 1 aromatic carbocycles. The highest BCUT2D eigenvalue weighted by molar-refractivity contribution is 5.83. The van der Waals surface area contributed by atoms with E-state index in [-0.39, 0.29) is 11.8 Å². The van der Waals surface area contributed by atoms with Crippen LogP contribution in [0, 0.1) is 6.92 Å². The number of nitrogens with zero attached hydrogens (tertiary/aromatic N) is 2. The third-order valence-electron chi connectivity index (χ3n) is 5.17. The van der Waals surface area contributed by atoms with Crippen LogP contribution >= 0.6 is 0 Å². The van der Waals surface area contributed by atoms with Crippen LogP contribution in [0.5, 0.6) is 17.5 Å². The van der Waals surface area contributed by atoms with Gasteiger partial charge in [0.1, 0.15) is 12.0 Å². The lowest BCUT2D eigenvalue weighted by molar-refractivity contribution is 0.112. The number of benzene rings is 1. The SMILES string of the molecule is COc1cc(C=O)c(C)c2c1N(CCn1c(O)ccc1O)C(C)CC2. The maximum Gasteiger partial charge on any atom is 0.193 e. The number of aldehydes is 1. The zero-order valence-corrected chi connectivity index (χ0v) is 14.8. The Kier molecular flexibility index (Phi) is 4.61. The van der Waals surface area contributed by atoms with E-state index in [0.717, 1.165) is 35.9 Å². The molecule has 0 radical (unpaired) electrons. The molecule has 2 heterocycles. The predicted molar refractivity (Wildman–Crippen MR) is 96.0 cm³/mol. The van der Waals surface area contributed by atoms with E-state index in [0.29, 0.717) is 30.4 Å². The molecule has 3 rings (SSSR count). The fourth-order valence-corrected chi connectivity index (χ4v) is 3.66. The summed E-state index contributed by atoms with van der Waals surface area (Å²) >= 11 is 0. The van der Waals surface area contributed by atoms with Crippen molar-refractivity contribution >= 4 is 12.0 Å². The molecule has 1 unspecified atom stereocenters. The molecular formula is C19H24N2O4. The normalized spacial score (nSPS) is 16.6. The van der Waals surface area contributed by atoms with Gasteiger partial charge in [-0.3, -0.25) is 9.36 Å². The van der Waals surface area contributed by atoms with Gasteiger partial charge in [-0.2, -0.15) is 0 Å². The van der Waals surface area contributed by atoms with Crippen LogP contribution < -0.4 is 9.64 Å². The van der Waals surface area contributed by atoms with Crippen molar-refractivity contribution in [1.29, 1.82) is 0 Å². The van der Waals surface area contributed by atoms with Crippen LogP contribution in [0.4, 0.5) is 5.69 Å². The zero-order valence-electron chi connectivity index (χ0n) is 14.8. The highest BCUT2D eigenvalue weighted by atomic mass is 16.5. The molecule has 6 heteroatoms. The fraction of sp³-hybridized carbons (Fsp3) is 0.421. The second-order valence-corrected chi connectivity index (χ2v) is 6.52. The summed E-state index contributed by atoms with van der Waals surface area (Å²) in [6, 6.07) is 5.04. The molecule has 2 N–H and O–H groups in total. The average molecular weight is 344 g/mol. The van der Waals surface area contributed by atoms with Crippen molar-refractivity contribution in [1.82, 2.24) is 4.57 Å². The summed E-state index contributed by atoms with van der Waals surface area (Å²) in [6.07, 6.45) is 2.75. The zero-order chi connectivity index (χ0) is 18.1. The summed E-state index contributed by atoms with van der Waals surface area (Å²) in [6.45, 7) is 5.19. The van der Waals surface area contributed by atoms with Gasteiger partial charge in [-0.05, 0) is 43.9 Å². The number of fused-ring (bicyclic) bond motifs is 1. The Morgan fingerprint density at radius 3 is 2.56 bits per heavy atom. The fourth-order valence-electron chi connectivity index (χ4n) is 3.66. The van der Waals surface area contributed by atoms with Crippen molar-refractivity contribution in [2.75, 3.05) is 18.6 Å². The van der Waals surface area contributed by atoms with E-state index in [1.54, 1.807) is 13.2 Å². The molecular weight excluding hydrogens is 320 g/mol. The Labute approximate surface area is 147 Å². The number of ether oxygens (including phenoxy) is 1. The maximum atomic E-state index is 11.4. The van der Waals surface area contributed by atoms with E-state index in [4.69, 9.17) is 4.74 Å². The van der Waals surface area contributed by atoms with Crippen molar-refractivity contribution in [3.8, 4) is 17.5 Å². The van der Waals surface area contributed by atoms with Crippen LogP contribution in [-0.4, -0.2) is 40.8 Å². The number of anilines is 1. The lowest BCUT2D eigenvalue weighted by Gasteiger charge is -2.39. The molecule has 2 aromatic rings. The monoisotopic (exact) mass is 344 g/mol. The molecule has 0 spiro atoms. The van der Waals surface area contributed by atoms with Crippen molar-refractivity contribution in [2.45, 2.75) is 39.3 Å². The molecule has 0 aliphatic carbocycles. The van der Waals surface area contributed by atoms with Gasteiger partial charge in [0, 0.05) is 36.8 Å². The summed E-state index contributed by atoms with van der Waals surface area (Å²) in [4.78, 5) is 13.6. The first-order valence-corrected chi connectivity index (χ1v) is 8.47. The molecule has 0 amide bonds. The minimum absolute atomic E-state index is 0.0434. The van der Waals surface area contributed by atoms with Gasteiger partial charge in [0.05, 0.1) is 12.8 Å². The van der Waals surface area contributed by atoms with Gasteiger partial charge in [0.2, 0.25) is 0 Å². The number of methoxy groups -OCH3 is 1. The van der Waals surface area contributed by atoms with Crippen LogP contribution in [-0.2, 0) is 13.0 Å². The Morgan fingerprint density at radius 2 is 1.96 bits per heavy atom. The third-order valence-corrected chi connectivity index (χ3v) is 5.17. The summed E-state index contributed by atoms with van der Waals surface area (Å²) < 4.78 is 7.04. The van der Waals surface area contributed by atoms with E-state index in [2.05, 4.69) is 11.8 Å². The molecule has 0 bridgehead atoms. The molecule has 1 atom stereocenters. The van der Waals surface area contributed by atoms with Crippen molar-refractivity contribution in [3.05, 3.63) is 34.9 Å². The molecule has 1 aliphatic rings. The Bertz CT molecular complexity index is 778. The van der Waals surface area contributed by atoms with Gasteiger partial charge in [-0.15, -0.1) is 0 Å². The third kappa shape index (κ3) is 2.92. The van der Waals surface area contributed by atoms with Gasteiger partial charge in [-0.1, -0.05) is 0 Å². The lowest BCUT2D eigenvalue weighted by atomic mass is 9.90. The van der Waals surface area contributed by atoms with Crippen LogP contribution in [0.1, 0.15) is 34.8 Å². The first-order valence-electron chi connectivity index (χ1n) is 8.47. The minimum atomic E-state index is 0.0434. The van der Waals surface area contributed by atoms with E-state index in [9.17, 15) is 15.0 Å².